The minimum absolute atomic E-state index is 0.0432. The normalized spacial score (nSPS) is 18.7. The summed E-state index contributed by atoms with van der Waals surface area (Å²) in [5.41, 5.74) is 1.37. The van der Waals surface area contributed by atoms with Gasteiger partial charge in [-0.15, -0.1) is 0 Å². The number of carbonyl (C=O) groups is 2. The van der Waals surface area contributed by atoms with Gasteiger partial charge in [0.2, 0.25) is 5.91 Å². The van der Waals surface area contributed by atoms with Crippen LogP contribution in [0.25, 0.3) is 10.9 Å². The monoisotopic (exact) mass is 473 g/mol. The van der Waals surface area contributed by atoms with Gasteiger partial charge < -0.3 is 19.7 Å². The fraction of sp³-hybridized carbons (Fsp3) is 0.600. The van der Waals surface area contributed by atoms with Crippen molar-refractivity contribution in [2.45, 2.75) is 38.6 Å². The van der Waals surface area contributed by atoms with Crippen LogP contribution >= 0.6 is 11.6 Å². The third kappa shape index (κ3) is 5.89. The van der Waals surface area contributed by atoms with Crippen LogP contribution in [0.1, 0.15) is 43.1 Å². The number of aromatic nitrogens is 1. The molecular weight excluding hydrogens is 438 g/mol. The number of carbonyl (C=O) groups excluding carboxylic acids is 2. The van der Waals surface area contributed by atoms with Crippen LogP contribution < -0.4 is 0 Å². The molecule has 2 aromatic rings. The molecule has 1 aromatic heterocycles. The third-order valence-electron chi connectivity index (χ3n) is 7.08. The summed E-state index contributed by atoms with van der Waals surface area (Å²) >= 11 is 6.09. The minimum atomic E-state index is -0.130. The van der Waals surface area contributed by atoms with E-state index in [1.165, 1.54) is 12.8 Å². The lowest BCUT2D eigenvalue weighted by atomic mass is 10.0. The topological polar surface area (TPSA) is 62.9 Å². The van der Waals surface area contributed by atoms with Gasteiger partial charge in [0, 0.05) is 54.7 Å². The fourth-order valence-corrected chi connectivity index (χ4v) is 5.13. The first-order valence-corrected chi connectivity index (χ1v) is 12.6. The standard InChI is InChI=1S/C25H36ClN5O2/c1-3-4-9-31(25(33)23-17-19-16-20(26)5-6-22(19)27-23)18-24(32)30-14-12-29(13-15-30)21-7-10-28(2)11-8-21/h5-6,16-17,21,27H,3-4,7-15,18H2,1-2H3. The molecule has 1 N–H and O–H groups in total. The fourth-order valence-electron chi connectivity index (χ4n) is 4.95. The maximum absolute atomic E-state index is 13.3. The van der Waals surface area contributed by atoms with E-state index in [-0.39, 0.29) is 18.4 Å². The van der Waals surface area contributed by atoms with Gasteiger partial charge in [0.05, 0.1) is 0 Å². The number of nitrogens with zero attached hydrogens (tertiary/aromatic N) is 4. The van der Waals surface area contributed by atoms with Crippen molar-refractivity contribution >= 4 is 34.3 Å². The van der Waals surface area contributed by atoms with E-state index in [9.17, 15) is 9.59 Å². The van der Waals surface area contributed by atoms with Gasteiger partial charge in [0.1, 0.15) is 12.2 Å². The molecule has 2 aliphatic rings. The van der Waals surface area contributed by atoms with Gasteiger partial charge in [-0.05, 0) is 63.7 Å². The first kappa shape index (κ1) is 24.0. The average molecular weight is 474 g/mol. The number of piperazine rings is 1. The molecular formula is C25H36ClN5O2. The van der Waals surface area contributed by atoms with Crippen molar-refractivity contribution < 1.29 is 9.59 Å². The largest absolute Gasteiger partial charge is 0.351 e. The molecule has 0 radical (unpaired) electrons. The second-order valence-electron chi connectivity index (χ2n) is 9.45. The Morgan fingerprint density at radius 1 is 1.09 bits per heavy atom. The van der Waals surface area contributed by atoms with E-state index in [0.717, 1.165) is 63.0 Å². The van der Waals surface area contributed by atoms with Crippen molar-refractivity contribution in [2.24, 2.45) is 0 Å². The van der Waals surface area contributed by atoms with Crippen molar-refractivity contribution in [2.75, 3.05) is 59.4 Å². The third-order valence-corrected chi connectivity index (χ3v) is 7.31. The van der Waals surface area contributed by atoms with Crippen molar-refractivity contribution in [3.8, 4) is 0 Å². The Kier molecular flexibility index (Phi) is 7.94. The number of nitrogens with one attached hydrogen (secondary N) is 1. The van der Waals surface area contributed by atoms with Gasteiger partial charge in [-0.3, -0.25) is 14.5 Å². The molecule has 8 heteroatoms. The summed E-state index contributed by atoms with van der Waals surface area (Å²) < 4.78 is 0. The van der Waals surface area contributed by atoms with Gasteiger partial charge in [0.25, 0.3) is 5.91 Å². The van der Waals surface area contributed by atoms with Gasteiger partial charge in [-0.25, -0.2) is 0 Å². The number of fused-ring (bicyclic) bond motifs is 1. The number of hydrogen-bond donors (Lipinski definition) is 1. The van der Waals surface area contributed by atoms with E-state index < -0.39 is 0 Å². The quantitative estimate of drug-likeness (QED) is 0.670. The Morgan fingerprint density at radius 2 is 1.82 bits per heavy atom. The van der Waals surface area contributed by atoms with E-state index in [0.29, 0.717) is 23.3 Å². The molecule has 4 rings (SSSR count). The maximum atomic E-state index is 13.3. The number of hydrogen-bond acceptors (Lipinski definition) is 4. The van der Waals surface area contributed by atoms with Gasteiger partial charge >= 0.3 is 0 Å². The highest BCUT2D eigenvalue weighted by atomic mass is 35.5. The number of piperidine rings is 1. The minimum Gasteiger partial charge on any atom is -0.351 e. The predicted molar refractivity (Wildman–Crippen MR) is 133 cm³/mol. The number of likely N-dealkylation sites (tertiary alicyclic amines) is 1. The smallest absolute Gasteiger partial charge is 0.270 e. The summed E-state index contributed by atoms with van der Waals surface area (Å²) in [5.74, 6) is -0.0873. The van der Waals surface area contributed by atoms with E-state index in [1.54, 1.807) is 11.0 Å². The van der Waals surface area contributed by atoms with Crippen LogP contribution in [0.15, 0.2) is 24.3 Å². The highest BCUT2D eigenvalue weighted by molar-refractivity contribution is 6.31. The van der Waals surface area contributed by atoms with Crippen LogP contribution in [-0.2, 0) is 4.79 Å². The van der Waals surface area contributed by atoms with Crippen LogP contribution in [0.2, 0.25) is 5.02 Å². The molecule has 2 amide bonds. The average Bonchev–Trinajstić information content (AvgIpc) is 3.25. The van der Waals surface area contributed by atoms with E-state index in [2.05, 4.69) is 28.8 Å². The molecule has 7 nitrogen and oxygen atoms in total. The molecule has 0 bridgehead atoms. The molecule has 2 fully saturated rings. The summed E-state index contributed by atoms with van der Waals surface area (Å²) in [7, 11) is 2.18. The summed E-state index contributed by atoms with van der Waals surface area (Å²) in [4.78, 5) is 38.2. The number of rotatable bonds is 7. The van der Waals surface area contributed by atoms with Gasteiger partial charge in [0.15, 0.2) is 0 Å². The summed E-state index contributed by atoms with van der Waals surface area (Å²) in [5, 5.41) is 1.54. The first-order valence-electron chi connectivity index (χ1n) is 12.2. The lowest BCUT2D eigenvalue weighted by Gasteiger charge is -2.42. The molecule has 3 heterocycles. The molecule has 2 saturated heterocycles. The highest BCUT2D eigenvalue weighted by Gasteiger charge is 2.29. The number of aromatic amines is 1. The second kappa shape index (κ2) is 10.9. The number of unbranched alkanes of at least 4 members (excludes halogenated alkanes) is 1. The van der Waals surface area contributed by atoms with Crippen LogP contribution in [0.3, 0.4) is 0 Å². The lowest BCUT2D eigenvalue weighted by Crippen LogP contribution is -2.55. The number of amides is 2. The molecule has 0 atom stereocenters. The molecule has 180 valence electrons. The van der Waals surface area contributed by atoms with Crippen molar-refractivity contribution in [3.63, 3.8) is 0 Å². The zero-order chi connectivity index (χ0) is 23.4. The Balaban J connectivity index is 1.36. The molecule has 0 spiro atoms. The van der Waals surface area contributed by atoms with Crippen LogP contribution in [0, 0.1) is 0 Å². The predicted octanol–water partition coefficient (Wildman–Crippen LogP) is 3.30. The Labute approximate surface area is 201 Å². The molecule has 2 aliphatic heterocycles. The number of H-pyrrole nitrogens is 1. The summed E-state index contributed by atoms with van der Waals surface area (Å²) in [6, 6.07) is 7.98. The van der Waals surface area contributed by atoms with E-state index in [1.807, 2.05) is 23.1 Å². The summed E-state index contributed by atoms with van der Waals surface area (Å²) in [6.45, 7) is 8.43. The zero-order valence-corrected chi connectivity index (χ0v) is 20.6. The van der Waals surface area contributed by atoms with Crippen LogP contribution in [0.5, 0.6) is 0 Å². The zero-order valence-electron chi connectivity index (χ0n) is 19.9. The van der Waals surface area contributed by atoms with Crippen molar-refractivity contribution in [1.29, 1.82) is 0 Å². The van der Waals surface area contributed by atoms with Gasteiger partial charge in [-0.2, -0.15) is 0 Å². The SMILES string of the molecule is CCCCN(CC(=O)N1CCN(C2CCN(C)CC2)CC1)C(=O)c1cc2cc(Cl)ccc2[nH]1. The lowest BCUT2D eigenvalue weighted by molar-refractivity contribution is -0.134. The van der Waals surface area contributed by atoms with Crippen LogP contribution in [-0.4, -0.2) is 102 Å². The molecule has 33 heavy (non-hydrogen) atoms. The molecule has 0 unspecified atom stereocenters. The van der Waals surface area contributed by atoms with Crippen LogP contribution in [0.4, 0.5) is 0 Å². The maximum Gasteiger partial charge on any atom is 0.270 e. The Morgan fingerprint density at radius 3 is 2.52 bits per heavy atom. The highest BCUT2D eigenvalue weighted by Crippen LogP contribution is 2.21. The number of halogens is 1. The van der Waals surface area contributed by atoms with E-state index >= 15 is 0 Å². The Bertz CT molecular complexity index is 961. The molecule has 0 aliphatic carbocycles. The molecule has 0 saturated carbocycles. The first-order chi connectivity index (χ1) is 15.9. The molecule has 1 aromatic carbocycles. The second-order valence-corrected chi connectivity index (χ2v) is 9.88. The van der Waals surface area contributed by atoms with Crippen molar-refractivity contribution in [1.82, 2.24) is 24.6 Å². The summed E-state index contributed by atoms with van der Waals surface area (Å²) in [6.07, 6.45) is 4.25. The van der Waals surface area contributed by atoms with Gasteiger partial charge in [-0.1, -0.05) is 24.9 Å². The number of benzene rings is 1. The van der Waals surface area contributed by atoms with Crippen molar-refractivity contribution in [3.05, 3.63) is 35.0 Å². The van der Waals surface area contributed by atoms with E-state index in [4.69, 9.17) is 11.6 Å². The Hall–Kier alpha value is -2.09.